The molecule has 3 nitrogen and oxygen atoms in total. The molecule has 2 rings (SSSR count). The molecule has 1 atom stereocenters. The Morgan fingerprint density at radius 3 is 2.50 bits per heavy atom. The van der Waals surface area contributed by atoms with Crippen LogP contribution in [-0.2, 0) is 17.9 Å². The Morgan fingerprint density at radius 2 is 1.86 bits per heavy atom. The third kappa shape index (κ3) is 4.00. The second kappa shape index (κ2) is 7.83. The lowest BCUT2D eigenvalue weighted by molar-refractivity contribution is -0.133. The van der Waals surface area contributed by atoms with Gasteiger partial charge in [-0.2, -0.15) is 0 Å². The van der Waals surface area contributed by atoms with E-state index in [1.54, 1.807) is 0 Å². The molecule has 0 spiro atoms. The molecule has 0 aliphatic rings. The predicted molar refractivity (Wildman–Crippen MR) is 90.6 cm³/mol. The Morgan fingerprint density at radius 1 is 1.14 bits per heavy atom. The summed E-state index contributed by atoms with van der Waals surface area (Å²) < 4.78 is 2.23. The van der Waals surface area contributed by atoms with Crippen LogP contribution >= 0.6 is 0 Å². The van der Waals surface area contributed by atoms with Gasteiger partial charge < -0.3 is 9.47 Å². The average Bonchev–Trinajstić information content (AvgIpc) is 2.99. The van der Waals surface area contributed by atoms with E-state index in [9.17, 15) is 4.79 Å². The van der Waals surface area contributed by atoms with E-state index in [-0.39, 0.29) is 11.9 Å². The van der Waals surface area contributed by atoms with E-state index in [1.807, 2.05) is 17.9 Å². The zero-order valence-electron chi connectivity index (χ0n) is 13.8. The molecule has 2 aromatic rings. The molecule has 0 aliphatic carbocycles. The van der Waals surface area contributed by atoms with E-state index in [0.29, 0.717) is 13.0 Å². The number of hydrogen-bond acceptors (Lipinski definition) is 1. The highest BCUT2D eigenvalue weighted by atomic mass is 16.2. The molecule has 22 heavy (non-hydrogen) atoms. The fourth-order valence-electron chi connectivity index (χ4n) is 2.62. The molecular weight excluding hydrogens is 272 g/mol. The van der Waals surface area contributed by atoms with E-state index >= 15 is 0 Å². The van der Waals surface area contributed by atoms with Gasteiger partial charge in [0.1, 0.15) is 0 Å². The summed E-state index contributed by atoms with van der Waals surface area (Å²) in [4.78, 5) is 14.2. The van der Waals surface area contributed by atoms with Crippen LogP contribution in [0.25, 0.3) is 0 Å². The number of carbonyl (C=O) groups is 1. The quantitative estimate of drug-likeness (QED) is 0.756. The van der Waals surface area contributed by atoms with E-state index in [2.05, 4.69) is 61.0 Å². The zero-order chi connectivity index (χ0) is 15.9. The lowest BCUT2D eigenvalue weighted by Crippen LogP contribution is -2.37. The maximum Gasteiger partial charge on any atom is 0.222 e. The number of rotatable bonds is 7. The van der Waals surface area contributed by atoms with Crippen LogP contribution in [0.2, 0.25) is 0 Å². The standard InChI is InChI=1S/C19H26N2O/c1-4-16(3)21(19(22)5-2)15-18-12-9-13-20(18)14-17-10-7-6-8-11-17/h6-13,16H,4-5,14-15H2,1-3H3. The van der Waals surface area contributed by atoms with E-state index in [0.717, 1.165) is 13.0 Å². The molecule has 118 valence electrons. The van der Waals surface area contributed by atoms with Crippen molar-refractivity contribution in [3.63, 3.8) is 0 Å². The minimum Gasteiger partial charge on any atom is -0.345 e. The summed E-state index contributed by atoms with van der Waals surface area (Å²) >= 11 is 0. The van der Waals surface area contributed by atoms with Crippen LogP contribution in [0.15, 0.2) is 48.7 Å². The van der Waals surface area contributed by atoms with Crippen LogP contribution in [-0.4, -0.2) is 21.4 Å². The summed E-state index contributed by atoms with van der Waals surface area (Å²) in [5, 5.41) is 0. The first-order valence-electron chi connectivity index (χ1n) is 8.13. The largest absolute Gasteiger partial charge is 0.345 e. The van der Waals surface area contributed by atoms with Gasteiger partial charge in [0.25, 0.3) is 0 Å². The summed E-state index contributed by atoms with van der Waals surface area (Å²) in [6.45, 7) is 7.71. The highest BCUT2D eigenvalue weighted by molar-refractivity contribution is 5.76. The number of benzene rings is 1. The van der Waals surface area contributed by atoms with Crippen molar-refractivity contribution < 1.29 is 4.79 Å². The Hall–Kier alpha value is -2.03. The van der Waals surface area contributed by atoms with Gasteiger partial charge in [-0.05, 0) is 31.0 Å². The second-order valence-corrected chi connectivity index (χ2v) is 5.75. The molecular formula is C19H26N2O. The van der Waals surface area contributed by atoms with Crippen molar-refractivity contribution in [2.45, 2.75) is 52.7 Å². The molecule has 0 saturated carbocycles. The van der Waals surface area contributed by atoms with Crippen LogP contribution in [0.3, 0.4) is 0 Å². The van der Waals surface area contributed by atoms with Crippen LogP contribution < -0.4 is 0 Å². The van der Waals surface area contributed by atoms with Crippen molar-refractivity contribution >= 4 is 5.91 Å². The van der Waals surface area contributed by atoms with Gasteiger partial charge >= 0.3 is 0 Å². The maximum atomic E-state index is 12.2. The zero-order valence-corrected chi connectivity index (χ0v) is 13.8. The van der Waals surface area contributed by atoms with Gasteiger partial charge in [-0.1, -0.05) is 44.2 Å². The summed E-state index contributed by atoms with van der Waals surface area (Å²) in [6.07, 6.45) is 3.63. The molecule has 0 radical (unpaired) electrons. The number of amides is 1. The van der Waals surface area contributed by atoms with Crippen molar-refractivity contribution in [1.29, 1.82) is 0 Å². The van der Waals surface area contributed by atoms with Gasteiger partial charge in [-0.3, -0.25) is 4.79 Å². The number of carbonyl (C=O) groups excluding carboxylic acids is 1. The Labute approximate surface area is 133 Å². The normalized spacial score (nSPS) is 12.1. The molecule has 1 unspecified atom stereocenters. The van der Waals surface area contributed by atoms with Gasteiger partial charge in [0.15, 0.2) is 0 Å². The number of nitrogens with zero attached hydrogens (tertiary/aromatic N) is 2. The molecule has 0 N–H and O–H groups in total. The van der Waals surface area contributed by atoms with E-state index < -0.39 is 0 Å². The van der Waals surface area contributed by atoms with Crippen molar-refractivity contribution in [3.8, 4) is 0 Å². The van der Waals surface area contributed by atoms with E-state index in [4.69, 9.17) is 0 Å². The predicted octanol–water partition coefficient (Wildman–Crippen LogP) is 4.07. The van der Waals surface area contributed by atoms with Crippen molar-refractivity contribution in [1.82, 2.24) is 9.47 Å². The molecule has 0 aliphatic heterocycles. The van der Waals surface area contributed by atoms with Gasteiger partial charge in [-0.25, -0.2) is 0 Å². The first kappa shape index (κ1) is 16.3. The van der Waals surface area contributed by atoms with Gasteiger partial charge in [0.05, 0.1) is 6.54 Å². The summed E-state index contributed by atoms with van der Waals surface area (Å²) in [6, 6.07) is 14.9. The van der Waals surface area contributed by atoms with Crippen LogP contribution in [0, 0.1) is 0 Å². The molecule has 0 fully saturated rings. The van der Waals surface area contributed by atoms with Gasteiger partial charge in [-0.15, -0.1) is 0 Å². The molecule has 3 heteroatoms. The van der Waals surface area contributed by atoms with E-state index in [1.165, 1.54) is 11.3 Å². The molecule has 1 amide bonds. The lowest BCUT2D eigenvalue weighted by atomic mass is 10.2. The first-order valence-corrected chi connectivity index (χ1v) is 8.13. The maximum absolute atomic E-state index is 12.2. The third-order valence-electron chi connectivity index (χ3n) is 4.20. The van der Waals surface area contributed by atoms with Crippen molar-refractivity contribution in [2.24, 2.45) is 0 Å². The summed E-state index contributed by atoms with van der Waals surface area (Å²) in [7, 11) is 0. The Balaban J connectivity index is 2.15. The highest BCUT2D eigenvalue weighted by Crippen LogP contribution is 2.15. The lowest BCUT2D eigenvalue weighted by Gasteiger charge is -2.29. The van der Waals surface area contributed by atoms with Crippen LogP contribution in [0.4, 0.5) is 0 Å². The van der Waals surface area contributed by atoms with Crippen LogP contribution in [0.5, 0.6) is 0 Å². The van der Waals surface area contributed by atoms with Crippen LogP contribution in [0.1, 0.15) is 44.9 Å². The second-order valence-electron chi connectivity index (χ2n) is 5.75. The average molecular weight is 298 g/mol. The molecule has 1 aromatic heterocycles. The molecule has 1 aromatic carbocycles. The third-order valence-corrected chi connectivity index (χ3v) is 4.20. The minimum atomic E-state index is 0.224. The Bertz CT molecular complexity index is 588. The SMILES string of the molecule is CCC(=O)N(Cc1cccn1Cc1ccccc1)C(C)CC. The summed E-state index contributed by atoms with van der Waals surface area (Å²) in [5.74, 6) is 0.224. The summed E-state index contributed by atoms with van der Waals surface area (Å²) in [5.41, 5.74) is 2.46. The van der Waals surface area contributed by atoms with Gasteiger partial charge in [0.2, 0.25) is 5.91 Å². The number of hydrogen-bond donors (Lipinski definition) is 0. The number of aromatic nitrogens is 1. The van der Waals surface area contributed by atoms with Crippen molar-refractivity contribution in [3.05, 3.63) is 59.9 Å². The van der Waals surface area contributed by atoms with Gasteiger partial charge in [0, 0.05) is 30.9 Å². The first-order chi connectivity index (χ1) is 10.7. The van der Waals surface area contributed by atoms with Crippen molar-refractivity contribution in [2.75, 3.05) is 0 Å². The fraction of sp³-hybridized carbons (Fsp3) is 0.421. The topological polar surface area (TPSA) is 25.2 Å². The minimum absolute atomic E-state index is 0.224. The molecule has 0 bridgehead atoms. The Kier molecular flexibility index (Phi) is 5.82. The smallest absolute Gasteiger partial charge is 0.222 e. The highest BCUT2D eigenvalue weighted by Gasteiger charge is 2.18. The molecule has 0 saturated heterocycles. The molecule has 1 heterocycles. The monoisotopic (exact) mass is 298 g/mol. The fourth-order valence-corrected chi connectivity index (χ4v) is 2.62.